The van der Waals surface area contributed by atoms with E-state index < -0.39 is 46.5 Å². The van der Waals surface area contributed by atoms with Gasteiger partial charge in [-0.05, 0) is 51.4 Å². The number of ether oxygens (including phenoxy) is 4. The average Bonchev–Trinajstić information content (AvgIpc) is 2.80. The molecule has 0 aromatic heterocycles. The Bertz CT molecular complexity index is 617. The normalized spacial score (nSPS) is 11.9. The minimum atomic E-state index is -0.904. The molecule has 0 fully saturated rings. The molecule has 8 heteroatoms. The maximum absolute atomic E-state index is 12.4. The van der Waals surface area contributed by atoms with E-state index in [2.05, 4.69) is 0 Å². The van der Waals surface area contributed by atoms with E-state index in [0.717, 1.165) is 64.2 Å². The van der Waals surface area contributed by atoms with Crippen LogP contribution >= 0.6 is 0 Å². The zero-order valence-corrected chi connectivity index (χ0v) is 25.3. The van der Waals surface area contributed by atoms with Gasteiger partial charge in [-0.3, -0.25) is 19.2 Å². The van der Waals surface area contributed by atoms with Crippen LogP contribution < -0.4 is 0 Å². The molecule has 0 aromatic carbocycles. The van der Waals surface area contributed by atoms with E-state index in [4.69, 9.17) is 18.9 Å². The lowest BCUT2D eigenvalue weighted by atomic mass is 9.74. The van der Waals surface area contributed by atoms with Crippen LogP contribution in [0.1, 0.15) is 120 Å². The lowest BCUT2D eigenvalue weighted by Crippen LogP contribution is -2.39. The van der Waals surface area contributed by atoms with Crippen LogP contribution in [0.2, 0.25) is 0 Å². The summed E-state index contributed by atoms with van der Waals surface area (Å²) >= 11 is 0. The number of carbonyl (C=O) groups is 4. The summed E-state index contributed by atoms with van der Waals surface area (Å²) in [5, 5.41) is 0. The molecule has 0 aliphatic rings. The monoisotopic (exact) mass is 542 g/mol. The Morgan fingerprint density at radius 2 is 0.658 bits per heavy atom. The summed E-state index contributed by atoms with van der Waals surface area (Å²) in [6.07, 6.45) is 9.86. The second kappa shape index (κ2) is 19.0. The van der Waals surface area contributed by atoms with Crippen molar-refractivity contribution in [3.63, 3.8) is 0 Å². The van der Waals surface area contributed by atoms with Crippen molar-refractivity contribution >= 4 is 23.9 Å². The van der Waals surface area contributed by atoms with Gasteiger partial charge < -0.3 is 18.9 Å². The van der Waals surface area contributed by atoms with Gasteiger partial charge in [0, 0.05) is 0 Å². The largest absolute Gasteiger partial charge is 0.465 e. The molecule has 0 atom stereocenters. The van der Waals surface area contributed by atoms with E-state index in [-0.39, 0.29) is 26.4 Å². The van der Waals surface area contributed by atoms with E-state index in [9.17, 15) is 19.2 Å². The fourth-order valence-corrected chi connectivity index (χ4v) is 4.88. The third kappa shape index (κ3) is 13.1. The minimum absolute atomic E-state index is 0.236. The van der Waals surface area contributed by atoms with Gasteiger partial charge in [0.25, 0.3) is 0 Å². The highest BCUT2D eigenvalue weighted by molar-refractivity contribution is 5.96. The molecule has 0 aliphatic heterocycles. The zero-order valence-electron chi connectivity index (χ0n) is 25.3. The first kappa shape index (κ1) is 35.9. The van der Waals surface area contributed by atoms with Gasteiger partial charge >= 0.3 is 23.9 Å². The third-order valence-electron chi connectivity index (χ3n) is 7.04. The van der Waals surface area contributed by atoms with Gasteiger partial charge in [-0.2, -0.15) is 0 Å². The lowest BCUT2D eigenvalue weighted by molar-refractivity contribution is -0.169. The number of unbranched alkanes of at least 4 members (excludes halogenated alkanes) is 7. The van der Waals surface area contributed by atoms with E-state index >= 15 is 0 Å². The summed E-state index contributed by atoms with van der Waals surface area (Å²) in [6, 6.07) is 0. The maximum Gasteiger partial charge on any atom is 0.320 e. The van der Waals surface area contributed by atoms with Crippen LogP contribution in [-0.4, -0.2) is 50.3 Å². The molecule has 0 saturated carbocycles. The van der Waals surface area contributed by atoms with E-state index in [1.165, 1.54) is 0 Å². The molecule has 0 saturated heterocycles. The summed E-state index contributed by atoms with van der Waals surface area (Å²) in [5.74, 6) is -3.83. The van der Waals surface area contributed by atoms with Gasteiger partial charge in [0.05, 0.1) is 26.4 Å². The summed E-state index contributed by atoms with van der Waals surface area (Å²) in [5.41, 5.74) is -1.06. The Kier molecular flexibility index (Phi) is 18.0. The van der Waals surface area contributed by atoms with Gasteiger partial charge in [0.15, 0.2) is 11.8 Å². The molecule has 0 spiro atoms. The van der Waals surface area contributed by atoms with Gasteiger partial charge in [0.1, 0.15) is 0 Å². The maximum atomic E-state index is 12.4. The molecule has 222 valence electrons. The molecule has 0 rings (SSSR count). The molecule has 0 N–H and O–H groups in total. The number of esters is 4. The molecular formula is C30H54O8. The Morgan fingerprint density at radius 3 is 0.868 bits per heavy atom. The van der Waals surface area contributed by atoms with Crippen LogP contribution in [0.25, 0.3) is 0 Å². The highest BCUT2D eigenvalue weighted by Gasteiger charge is 2.43. The number of hydrogen-bond acceptors (Lipinski definition) is 8. The van der Waals surface area contributed by atoms with Crippen molar-refractivity contribution in [1.29, 1.82) is 0 Å². The molecule has 0 aromatic rings. The fourth-order valence-electron chi connectivity index (χ4n) is 4.88. The SMILES string of the molecule is CCOC(=O)C(C(=O)OCC)C(C)(C)CCCCCCCCCCC(C)(C)C(C(=O)OCC)C(=O)OCC. The molecule has 0 heterocycles. The molecule has 0 aliphatic carbocycles. The van der Waals surface area contributed by atoms with Gasteiger partial charge in [-0.15, -0.1) is 0 Å². The fraction of sp³-hybridized carbons (Fsp3) is 0.867. The Morgan fingerprint density at radius 1 is 0.447 bits per heavy atom. The van der Waals surface area contributed by atoms with Crippen molar-refractivity contribution in [2.45, 2.75) is 120 Å². The molecule has 0 amide bonds. The number of hydrogen-bond donors (Lipinski definition) is 0. The molecule has 8 nitrogen and oxygen atoms in total. The first-order chi connectivity index (χ1) is 17.9. The molecule has 0 radical (unpaired) electrons. The van der Waals surface area contributed by atoms with Crippen molar-refractivity contribution < 1.29 is 38.1 Å². The predicted octanol–water partition coefficient (Wildman–Crippen LogP) is 6.42. The van der Waals surface area contributed by atoms with Crippen molar-refractivity contribution in [2.75, 3.05) is 26.4 Å². The van der Waals surface area contributed by atoms with E-state index in [1.807, 2.05) is 27.7 Å². The minimum Gasteiger partial charge on any atom is -0.465 e. The average molecular weight is 543 g/mol. The lowest BCUT2D eigenvalue weighted by Gasteiger charge is -2.31. The first-order valence-electron chi connectivity index (χ1n) is 14.6. The molecule has 38 heavy (non-hydrogen) atoms. The third-order valence-corrected chi connectivity index (χ3v) is 7.04. The van der Waals surface area contributed by atoms with Crippen LogP contribution in [0.3, 0.4) is 0 Å². The van der Waals surface area contributed by atoms with Crippen LogP contribution in [0.5, 0.6) is 0 Å². The Labute approximate surface area is 230 Å². The van der Waals surface area contributed by atoms with Crippen LogP contribution in [0, 0.1) is 22.7 Å². The van der Waals surface area contributed by atoms with E-state index in [1.54, 1.807) is 27.7 Å². The molecular weight excluding hydrogens is 488 g/mol. The van der Waals surface area contributed by atoms with Crippen LogP contribution in [-0.2, 0) is 38.1 Å². The standard InChI is InChI=1S/C30H54O8/c1-9-35-25(31)23(26(32)36-10-2)29(5,6)21-19-17-15-13-14-16-18-20-22-30(7,8)24(27(33)37-11-3)28(34)38-12-4/h23-24H,9-22H2,1-8H3. The van der Waals surface area contributed by atoms with E-state index in [0.29, 0.717) is 0 Å². The summed E-state index contributed by atoms with van der Waals surface area (Å²) in [6.45, 7) is 15.6. The first-order valence-corrected chi connectivity index (χ1v) is 14.6. The smallest absolute Gasteiger partial charge is 0.320 e. The van der Waals surface area contributed by atoms with Gasteiger partial charge in [0.2, 0.25) is 0 Å². The molecule has 0 unspecified atom stereocenters. The van der Waals surface area contributed by atoms with Crippen molar-refractivity contribution in [2.24, 2.45) is 22.7 Å². The topological polar surface area (TPSA) is 105 Å². The van der Waals surface area contributed by atoms with Gasteiger partial charge in [-0.1, -0.05) is 79.1 Å². The zero-order chi connectivity index (χ0) is 29.2. The highest BCUT2D eigenvalue weighted by atomic mass is 16.6. The van der Waals surface area contributed by atoms with Crippen molar-refractivity contribution in [3.05, 3.63) is 0 Å². The Balaban J connectivity index is 4.43. The highest BCUT2D eigenvalue weighted by Crippen LogP contribution is 2.36. The number of rotatable bonds is 21. The van der Waals surface area contributed by atoms with Gasteiger partial charge in [-0.25, -0.2) is 0 Å². The van der Waals surface area contributed by atoms with Crippen LogP contribution in [0.4, 0.5) is 0 Å². The summed E-state index contributed by atoms with van der Waals surface area (Å²) in [7, 11) is 0. The second-order valence-corrected chi connectivity index (χ2v) is 11.2. The summed E-state index contributed by atoms with van der Waals surface area (Å²) < 4.78 is 20.6. The quantitative estimate of drug-likeness (QED) is 0.0707. The van der Waals surface area contributed by atoms with Crippen LogP contribution in [0.15, 0.2) is 0 Å². The summed E-state index contributed by atoms with van der Waals surface area (Å²) in [4.78, 5) is 49.7. The predicted molar refractivity (Wildman–Crippen MR) is 147 cm³/mol. The molecule has 0 bridgehead atoms. The van der Waals surface area contributed by atoms with Crippen molar-refractivity contribution in [3.8, 4) is 0 Å². The van der Waals surface area contributed by atoms with Crippen molar-refractivity contribution in [1.82, 2.24) is 0 Å². The number of carbonyl (C=O) groups excluding carboxylic acids is 4. The Hall–Kier alpha value is -2.12. The second-order valence-electron chi connectivity index (χ2n) is 11.2.